The number of aryl methyl sites for hydroxylation is 4. The summed E-state index contributed by atoms with van der Waals surface area (Å²) in [5.41, 5.74) is 3.69. The zero-order valence-electron chi connectivity index (χ0n) is 17.2. The van der Waals surface area contributed by atoms with Crippen LogP contribution in [0, 0.1) is 13.8 Å². The van der Waals surface area contributed by atoms with Gasteiger partial charge in [0.05, 0.1) is 28.2 Å². The van der Waals surface area contributed by atoms with Crippen molar-refractivity contribution in [1.82, 2.24) is 19.3 Å². The second-order valence-corrected chi connectivity index (χ2v) is 9.42. The summed E-state index contributed by atoms with van der Waals surface area (Å²) in [6, 6.07) is 0. The summed E-state index contributed by atoms with van der Waals surface area (Å²) < 4.78 is 3.49. The first-order valence-corrected chi connectivity index (χ1v) is 11.7. The molecule has 3 aromatic heterocycles. The van der Waals surface area contributed by atoms with Crippen molar-refractivity contribution in [2.75, 3.05) is 11.1 Å². The third-order valence-corrected chi connectivity index (χ3v) is 7.50. The molecule has 29 heavy (non-hydrogen) atoms. The van der Waals surface area contributed by atoms with Gasteiger partial charge in [0.1, 0.15) is 4.83 Å². The van der Waals surface area contributed by atoms with E-state index in [9.17, 15) is 9.59 Å². The maximum Gasteiger partial charge on any atom is 0.263 e. The van der Waals surface area contributed by atoms with E-state index in [1.165, 1.54) is 22.2 Å². The van der Waals surface area contributed by atoms with Gasteiger partial charge >= 0.3 is 0 Å². The van der Waals surface area contributed by atoms with Gasteiger partial charge in [0, 0.05) is 18.5 Å². The maximum atomic E-state index is 13.2. The average Bonchev–Trinajstić information content (AvgIpc) is 3.32. The second kappa shape index (κ2) is 7.95. The highest BCUT2D eigenvalue weighted by molar-refractivity contribution is 7.99. The number of nitrogens with zero attached hydrogens (tertiary/aromatic N) is 4. The van der Waals surface area contributed by atoms with Gasteiger partial charge in [-0.15, -0.1) is 11.3 Å². The Balaban J connectivity index is 1.59. The Bertz CT molecular complexity index is 1160. The number of thiophene rings is 1. The van der Waals surface area contributed by atoms with E-state index in [-0.39, 0.29) is 17.2 Å². The molecule has 0 unspecified atom stereocenters. The monoisotopic (exact) mass is 431 g/mol. The summed E-state index contributed by atoms with van der Waals surface area (Å²) in [6.07, 6.45) is 3.97. The van der Waals surface area contributed by atoms with E-state index >= 15 is 0 Å². The SMILES string of the molecule is CCCn1c(SCC(=O)Nc2c(C)nn(C)c2C)nc2sc3c(c2c1=O)CCC3. The van der Waals surface area contributed by atoms with Crippen molar-refractivity contribution in [3.8, 4) is 0 Å². The molecule has 3 aromatic rings. The molecule has 0 radical (unpaired) electrons. The van der Waals surface area contributed by atoms with Gasteiger partial charge in [0.2, 0.25) is 5.91 Å². The van der Waals surface area contributed by atoms with Gasteiger partial charge in [-0.05, 0) is 45.1 Å². The predicted molar refractivity (Wildman–Crippen MR) is 118 cm³/mol. The van der Waals surface area contributed by atoms with E-state index in [1.807, 2.05) is 27.8 Å². The molecule has 4 rings (SSSR count). The molecule has 0 atom stereocenters. The van der Waals surface area contributed by atoms with E-state index in [0.717, 1.165) is 53.0 Å². The van der Waals surface area contributed by atoms with Crippen LogP contribution in [0.15, 0.2) is 9.95 Å². The minimum atomic E-state index is -0.125. The average molecular weight is 432 g/mol. The molecule has 0 aromatic carbocycles. The van der Waals surface area contributed by atoms with Gasteiger partial charge in [-0.2, -0.15) is 5.10 Å². The van der Waals surface area contributed by atoms with Crippen LogP contribution >= 0.6 is 23.1 Å². The Morgan fingerprint density at radius 1 is 1.31 bits per heavy atom. The molecule has 9 heteroatoms. The molecule has 0 saturated carbocycles. The normalized spacial score (nSPS) is 13.2. The van der Waals surface area contributed by atoms with Crippen molar-refractivity contribution in [3.63, 3.8) is 0 Å². The lowest BCUT2D eigenvalue weighted by molar-refractivity contribution is -0.113. The molecule has 0 aliphatic heterocycles. The number of hydrogen-bond donors (Lipinski definition) is 1. The van der Waals surface area contributed by atoms with E-state index in [4.69, 9.17) is 4.98 Å². The molecule has 1 aliphatic rings. The Hall–Kier alpha value is -2.13. The lowest BCUT2D eigenvalue weighted by Gasteiger charge is -2.11. The fraction of sp³-hybridized carbons (Fsp3) is 0.500. The van der Waals surface area contributed by atoms with E-state index in [1.54, 1.807) is 20.6 Å². The largest absolute Gasteiger partial charge is 0.322 e. The highest BCUT2D eigenvalue weighted by Gasteiger charge is 2.23. The number of rotatable bonds is 6. The molecule has 3 heterocycles. The lowest BCUT2D eigenvalue weighted by atomic mass is 10.2. The molecule has 1 aliphatic carbocycles. The summed E-state index contributed by atoms with van der Waals surface area (Å²) in [6.45, 7) is 6.45. The number of nitrogens with one attached hydrogen (secondary N) is 1. The molecule has 7 nitrogen and oxygen atoms in total. The fourth-order valence-corrected chi connectivity index (χ4v) is 5.98. The lowest BCUT2D eigenvalue weighted by Crippen LogP contribution is -2.24. The Kier molecular flexibility index (Phi) is 5.52. The Labute approximate surface area is 177 Å². The third kappa shape index (κ3) is 3.61. The quantitative estimate of drug-likeness (QED) is 0.478. The van der Waals surface area contributed by atoms with Crippen molar-refractivity contribution >= 4 is 44.9 Å². The molecular weight excluding hydrogens is 406 g/mol. The molecule has 0 bridgehead atoms. The molecular formula is C20H25N5O2S2. The topological polar surface area (TPSA) is 81.8 Å². The zero-order valence-corrected chi connectivity index (χ0v) is 18.8. The van der Waals surface area contributed by atoms with Crippen molar-refractivity contribution < 1.29 is 4.79 Å². The van der Waals surface area contributed by atoms with E-state index in [2.05, 4.69) is 10.4 Å². The fourth-order valence-electron chi connectivity index (χ4n) is 3.85. The summed E-state index contributed by atoms with van der Waals surface area (Å²) in [4.78, 5) is 32.6. The number of thioether (sulfide) groups is 1. The highest BCUT2D eigenvalue weighted by atomic mass is 32.2. The zero-order chi connectivity index (χ0) is 20.7. The minimum Gasteiger partial charge on any atom is -0.322 e. The maximum absolute atomic E-state index is 13.2. The van der Waals surface area contributed by atoms with Crippen LogP contribution < -0.4 is 10.9 Å². The minimum absolute atomic E-state index is 0.0399. The Morgan fingerprint density at radius 2 is 2.10 bits per heavy atom. The van der Waals surface area contributed by atoms with Gasteiger partial charge in [0.25, 0.3) is 5.56 Å². The second-order valence-electron chi connectivity index (χ2n) is 7.39. The number of carbonyl (C=O) groups is 1. The van der Waals surface area contributed by atoms with Crippen LogP contribution in [0.3, 0.4) is 0 Å². The van der Waals surface area contributed by atoms with Crippen LogP contribution in [0.25, 0.3) is 10.2 Å². The smallest absolute Gasteiger partial charge is 0.263 e. The number of aromatic nitrogens is 4. The number of hydrogen-bond acceptors (Lipinski definition) is 6. The van der Waals surface area contributed by atoms with Crippen LogP contribution in [0.1, 0.15) is 41.6 Å². The van der Waals surface area contributed by atoms with Crippen LogP contribution in [-0.4, -0.2) is 31.0 Å². The first-order chi connectivity index (χ1) is 13.9. The van der Waals surface area contributed by atoms with Crippen molar-refractivity contribution in [2.45, 2.75) is 58.2 Å². The summed E-state index contributed by atoms with van der Waals surface area (Å²) in [7, 11) is 1.85. The van der Waals surface area contributed by atoms with Crippen LogP contribution in [0.4, 0.5) is 5.69 Å². The number of amides is 1. The molecule has 0 saturated heterocycles. The van der Waals surface area contributed by atoms with Crippen molar-refractivity contribution in [2.24, 2.45) is 7.05 Å². The number of carbonyl (C=O) groups excluding carboxylic acids is 1. The first-order valence-electron chi connectivity index (χ1n) is 9.88. The van der Waals surface area contributed by atoms with Crippen LogP contribution in [0.2, 0.25) is 0 Å². The number of anilines is 1. The third-order valence-electron chi connectivity index (χ3n) is 5.34. The van der Waals surface area contributed by atoms with E-state index < -0.39 is 0 Å². The summed E-state index contributed by atoms with van der Waals surface area (Å²) >= 11 is 2.96. The van der Waals surface area contributed by atoms with Crippen molar-refractivity contribution in [3.05, 3.63) is 32.2 Å². The van der Waals surface area contributed by atoms with Crippen molar-refractivity contribution in [1.29, 1.82) is 0 Å². The van der Waals surface area contributed by atoms with Gasteiger partial charge in [-0.3, -0.25) is 18.8 Å². The molecule has 1 N–H and O–H groups in total. The van der Waals surface area contributed by atoms with Gasteiger partial charge in [-0.25, -0.2) is 4.98 Å². The summed E-state index contributed by atoms with van der Waals surface area (Å²) in [5, 5.41) is 8.70. The van der Waals surface area contributed by atoms with Crippen LogP contribution in [-0.2, 0) is 31.2 Å². The number of fused-ring (bicyclic) bond motifs is 3. The molecule has 154 valence electrons. The van der Waals surface area contributed by atoms with Gasteiger partial charge < -0.3 is 5.32 Å². The standard InChI is InChI=1S/C20H25N5O2S2/c1-5-9-25-19(27)16-13-7-6-8-14(13)29-18(16)22-20(25)28-10-15(26)21-17-11(2)23-24(4)12(17)3/h5-10H2,1-4H3,(H,21,26). The van der Waals surface area contributed by atoms with E-state index in [0.29, 0.717) is 11.7 Å². The molecule has 1 amide bonds. The Morgan fingerprint density at radius 3 is 2.79 bits per heavy atom. The van der Waals surface area contributed by atoms with Gasteiger partial charge in [0.15, 0.2) is 5.16 Å². The first kappa shape index (κ1) is 20.2. The van der Waals surface area contributed by atoms with Crippen LogP contribution in [0.5, 0.6) is 0 Å². The predicted octanol–water partition coefficient (Wildman–Crippen LogP) is 3.44. The molecule has 0 spiro atoms. The highest BCUT2D eigenvalue weighted by Crippen LogP contribution is 2.35. The van der Waals surface area contributed by atoms with Gasteiger partial charge in [-0.1, -0.05) is 18.7 Å². The summed E-state index contributed by atoms with van der Waals surface area (Å²) in [5.74, 6) is 0.0702. The molecule has 0 fully saturated rings.